The number of para-hydroxylation sites is 1. The number of benzene rings is 2. The third-order valence-electron chi connectivity index (χ3n) is 6.29. The normalized spacial score (nSPS) is 12.4. The number of aromatic nitrogens is 4. The van der Waals surface area contributed by atoms with Crippen LogP contribution in [0.15, 0.2) is 90.0 Å². The van der Waals surface area contributed by atoms with Gasteiger partial charge in [0.05, 0.1) is 36.0 Å². The second kappa shape index (κ2) is 8.77. The Bertz CT molecular complexity index is 1610. The van der Waals surface area contributed by atoms with Crippen LogP contribution in [-0.2, 0) is 6.54 Å². The Morgan fingerprint density at radius 2 is 2.00 bits per heavy atom. The van der Waals surface area contributed by atoms with Crippen molar-refractivity contribution in [3.05, 3.63) is 91.3 Å². The molecule has 6 rings (SSSR count). The Kier molecular flexibility index (Phi) is 5.31. The summed E-state index contributed by atoms with van der Waals surface area (Å²) in [4.78, 5) is 4.73. The maximum atomic E-state index is 6.44. The largest absolute Gasteiger partial charge is 0.490 e. The quantitative estimate of drug-likeness (QED) is 0.323. The number of nitrogens with one attached hydrogen (secondary N) is 1. The van der Waals surface area contributed by atoms with Gasteiger partial charge in [0.1, 0.15) is 12.4 Å². The Morgan fingerprint density at radius 3 is 2.89 bits per heavy atom. The highest BCUT2D eigenvalue weighted by atomic mass is 16.5. The van der Waals surface area contributed by atoms with Gasteiger partial charge in [-0.1, -0.05) is 24.3 Å². The Labute approximate surface area is 202 Å². The lowest BCUT2D eigenvalue weighted by Crippen LogP contribution is -2.32. The van der Waals surface area contributed by atoms with Crippen LogP contribution in [0.1, 0.15) is 5.69 Å². The summed E-state index contributed by atoms with van der Waals surface area (Å²) in [6.07, 6.45) is 7.16. The molecule has 0 bridgehead atoms. The molecule has 6 aromatic rings. The standard InChI is InChI=1S/C28H25N5O2/c1-18-24-12-20(6-7-26(24)32-31-18)25-13-23(14-30-28(25)21-9-11-34-16-21)35-17-22(29)15-33-10-8-19-4-2-3-5-27(19)33/h2-14,16,22H,15,17,29H2,1H3,(H,31,32)/t22-/m0/s1. The van der Waals surface area contributed by atoms with Crippen molar-refractivity contribution < 1.29 is 9.15 Å². The lowest BCUT2D eigenvalue weighted by atomic mass is 9.99. The van der Waals surface area contributed by atoms with Crippen LogP contribution in [0, 0.1) is 6.92 Å². The van der Waals surface area contributed by atoms with Crippen molar-refractivity contribution in [2.45, 2.75) is 19.5 Å². The summed E-state index contributed by atoms with van der Waals surface area (Å²) >= 11 is 0. The lowest BCUT2D eigenvalue weighted by molar-refractivity contribution is 0.276. The van der Waals surface area contributed by atoms with Crippen LogP contribution in [0.5, 0.6) is 5.75 Å². The van der Waals surface area contributed by atoms with Crippen molar-refractivity contribution in [2.24, 2.45) is 5.73 Å². The highest BCUT2D eigenvalue weighted by Gasteiger charge is 2.15. The zero-order chi connectivity index (χ0) is 23.8. The van der Waals surface area contributed by atoms with Gasteiger partial charge in [-0.15, -0.1) is 0 Å². The summed E-state index contributed by atoms with van der Waals surface area (Å²) in [5.74, 6) is 0.670. The highest BCUT2D eigenvalue weighted by molar-refractivity contribution is 5.90. The van der Waals surface area contributed by atoms with Gasteiger partial charge in [0, 0.05) is 40.5 Å². The average molecular weight is 464 g/mol. The fraction of sp³-hybridized carbons (Fsp3) is 0.143. The van der Waals surface area contributed by atoms with Crippen molar-refractivity contribution >= 4 is 21.8 Å². The molecule has 174 valence electrons. The number of nitrogens with zero attached hydrogens (tertiary/aromatic N) is 3. The molecule has 0 radical (unpaired) electrons. The van der Waals surface area contributed by atoms with Crippen molar-refractivity contribution in [1.29, 1.82) is 0 Å². The second-order valence-electron chi connectivity index (χ2n) is 8.76. The summed E-state index contributed by atoms with van der Waals surface area (Å²) in [5, 5.41) is 9.67. The average Bonchev–Trinajstić information content (AvgIpc) is 3.64. The minimum Gasteiger partial charge on any atom is -0.490 e. The molecule has 0 saturated carbocycles. The van der Waals surface area contributed by atoms with Gasteiger partial charge in [-0.25, -0.2) is 0 Å². The summed E-state index contributed by atoms with van der Waals surface area (Å²) in [5.41, 5.74) is 13.3. The second-order valence-corrected chi connectivity index (χ2v) is 8.76. The van der Waals surface area contributed by atoms with Gasteiger partial charge in [-0.2, -0.15) is 5.10 Å². The van der Waals surface area contributed by atoms with Gasteiger partial charge in [-0.3, -0.25) is 10.1 Å². The molecule has 1 atom stereocenters. The first-order chi connectivity index (χ1) is 17.2. The Morgan fingerprint density at radius 1 is 1.09 bits per heavy atom. The number of rotatable bonds is 7. The predicted octanol–water partition coefficient (Wildman–Crippen LogP) is 5.55. The minimum atomic E-state index is -0.173. The predicted molar refractivity (Wildman–Crippen MR) is 137 cm³/mol. The number of hydrogen-bond donors (Lipinski definition) is 2. The third kappa shape index (κ3) is 4.06. The van der Waals surface area contributed by atoms with Gasteiger partial charge in [0.25, 0.3) is 0 Å². The number of H-pyrrole nitrogens is 1. The molecule has 4 aromatic heterocycles. The zero-order valence-corrected chi connectivity index (χ0v) is 19.3. The van der Waals surface area contributed by atoms with E-state index in [1.807, 2.05) is 37.3 Å². The maximum absolute atomic E-state index is 6.44. The molecule has 7 heteroatoms. The molecule has 0 aliphatic heterocycles. The van der Waals surface area contributed by atoms with Crippen LogP contribution in [0.2, 0.25) is 0 Å². The van der Waals surface area contributed by atoms with E-state index in [-0.39, 0.29) is 6.04 Å². The number of fused-ring (bicyclic) bond motifs is 2. The molecule has 3 N–H and O–H groups in total. The molecule has 0 amide bonds. The van der Waals surface area contributed by atoms with Crippen molar-refractivity contribution in [2.75, 3.05) is 6.61 Å². The van der Waals surface area contributed by atoms with Gasteiger partial charge >= 0.3 is 0 Å². The van der Waals surface area contributed by atoms with E-state index in [0.717, 1.165) is 39.0 Å². The molecule has 4 heterocycles. The van der Waals surface area contributed by atoms with Crippen LogP contribution in [-0.4, -0.2) is 32.4 Å². The van der Waals surface area contributed by atoms with E-state index < -0.39 is 0 Å². The monoisotopic (exact) mass is 463 g/mol. The zero-order valence-electron chi connectivity index (χ0n) is 19.3. The van der Waals surface area contributed by atoms with Crippen LogP contribution >= 0.6 is 0 Å². The van der Waals surface area contributed by atoms with Crippen LogP contribution in [0.3, 0.4) is 0 Å². The fourth-order valence-electron chi connectivity index (χ4n) is 4.49. The van der Waals surface area contributed by atoms with E-state index in [4.69, 9.17) is 19.9 Å². The summed E-state index contributed by atoms with van der Waals surface area (Å²) in [6.45, 7) is 3.05. The van der Waals surface area contributed by atoms with Crippen LogP contribution in [0.4, 0.5) is 0 Å². The molecule has 0 fully saturated rings. The van der Waals surface area contributed by atoms with Crippen molar-refractivity contribution in [3.8, 4) is 28.1 Å². The molecule has 7 nitrogen and oxygen atoms in total. The van der Waals surface area contributed by atoms with E-state index in [2.05, 4.69) is 51.3 Å². The lowest BCUT2D eigenvalue weighted by Gasteiger charge is -2.16. The molecule has 0 aliphatic carbocycles. The highest BCUT2D eigenvalue weighted by Crippen LogP contribution is 2.35. The first-order valence-electron chi connectivity index (χ1n) is 11.6. The summed E-state index contributed by atoms with van der Waals surface area (Å²) < 4.78 is 13.6. The number of aryl methyl sites for hydroxylation is 1. The third-order valence-corrected chi connectivity index (χ3v) is 6.29. The van der Waals surface area contributed by atoms with Crippen LogP contribution in [0.25, 0.3) is 44.2 Å². The number of aromatic amines is 1. The van der Waals surface area contributed by atoms with Gasteiger partial charge in [0.15, 0.2) is 0 Å². The van der Waals surface area contributed by atoms with Crippen molar-refractivity contribution in [1.82, 2.24) is 19.7 Å². The van der Waals surface area contributed by atoms with Crippen LogP contribution < -0.4 is 10.5 Å². The topological polar surface area (TPSA) is 94.9 Å². The molecule has 35 heavy (non-hydrogen) atoms. The van der Waals surface area contributed by atoms with E-state index in [1.54, 1.807) is 18.7 Å². The molecule has 0 saturated heterocycles. The maximum Gasteiger partial charge on any atom is 0.138 e. The molecule has 0 spiro atoms. The number of pyridine rings is 1. The first-order valence-corrected chi connectivity index (χ1v) is 11.6. The minimum absolute atomic E-state index is 0.173. The number of hydrogen-bond acceptors (Lipinski definition) is 5. The number of ether oxygens (including phenoxy) is 1. The Hall–Kier alpha value is -4.36. The fourth-order valence-corrected chi connectivity index (χ4v) is 4.49. The molecule has 0 aliphatic rings. The van der Waals surface area contributed by atoms with E-state index >= 15 is 0 Å². The number of furan rings is 1. The molecular formula is C28H25N5O2. The van der Waals surface area contributed by atoms with Crippen molar-refractivity contribution in [3.63, 3.8) is 0 Å². The smallest absolute Gasteiger partial charge is 0.138 e. The summed E-state index contributed by atoms with van der Waals surface area (Å²) in [7, 11) is 0. The van der Waals surface area contributed by atoms with E-state index in [9.17, 15) is 0 Å². The molecular weight excluding hydrogens is 438 g/mol. The molecule has 0 unspecified atom stereocenters. The van der Waals surface area contributed by atoms with Gasteiger partial charge < -0.3 is 19.5 Å². The molecule has 2 aromatic carbocycles. The number of nitrogens with two attached hydrogens (primary N) is 1. The Balaban J connectivity index is 1.27. The summed E-state index contributed by atoms with van der Waals surface area (Å²) in [6, 6.07) is 20.3. The SMILES string of the molecule is Cc1[nH]nc2ccc(-c3cc(OC[C@@H](N)Cn4ccc5ccccc54)cnc3-c3ccoc3)cc12. The van der Waals surface area contributed by atoms with E-state index in [0.29, 0.717) is 18.9 Å². The van der Waals surface area contributed by atoms with Gasteiger partial charge in [0.2, 0.25) is 0 Å². The first kappa shape index (κ1) is 21.2. The van der Waals surface area contributed by atoms with E-state index in [1.165, 1.54) is 10.9 Å². The van der Waals surface area contributed by atoms with Gasteiger partial charge in [-0.05, 0) is 54.3 Å².